The first-order valence-corrected chi connectivity index (χ1v) is 7.82. The van der Waals surface area contributed by atoms with E-state index < -0.39 is 0 Å². The lowest BCUT2D eigenvalue weighted by Gasteiger charge is -2.26. The largest absolute Gasteiger partial charge is 0.486 e. The molecule has 1 aliphatic heterocycles. The number of carbonyl (C=O) groups is 1. The zero-order chi connectivity index (χ0) is 16.2. The molecule has 23 heavy (non-hydrogen) atoms. The highest BCUT2D eigenvalue weighted by Gasteiger charge is 2.20. The van der Waals surface area contributed by atoms with E-state index in [4.69, 9.17) is 9.47 Å². The van der Waals surface area contributed by atoms with E-state index in [-0.39, 0.29) is 12.0 Å². The number of amides is 1. The van der Waals surface area contributed by atoms with Crippen molar-refractivity contribution in [1.82, 2.24) is 4.90 Å². The van der Waals surface area contributed by atoms with Crippen LogP contribution in [-0.2, 0) is 6.42 Å². The van der Waals surface area contributed by atoms with Crippen molar-refractivity contribution in [3.8, 4) is 11.5 Å². The van der Waals surface area contributed by atoms with Crippen LogP contribution in [0.4, 0.5) is 0 Å². The average molecular weight is 311 g/mol. The van der Waals surface area contributed by atoms with Gasteiger partial charge in [0, 0.05) is 19.7 Å². The molecule has 0 N–H and O–H groups in total. The van der Waals surface area contributed by atoms with Gasteiger partial charge in [0.2, 0.25) is 0 Å². The third-order valence-corrected chi connectivity index (χ3v) is 3.93. The molecule has 2 aromatic rings. The summed E-state index contributed by atoms with van der Waals surface area (Å²) >= 11 is 0. The number of ether oxygens (including phenoxy) is 2. The van der Waals surface area contributed by atoms with Gasteiger partial charge < -0.3 is 14.4 Å². The smallest absolute Gasteiger partial charge is 0.253 e. The minimum atomic E-state index is 0.0252. The molecule has 0 aliphatic carbocycles. The van der Waals surface area contributed by atoms with Crippen LogP contribution in [0.2, 0.25) is 0 Å². The van der Waals surface area contributed by atoms with Crippen LogP contribution in [-0.4, -0.2) is 37.6 Å². The summed E-state index contributed by atoms with van der Waals surface area (Å²) in [7, 11) is 3.52. The Balaban J connectivity index is 1.56. The number of hydrogen-bond acceptors (Lipinski definition) is 3. The standard InChI is InChI=1S/C19H21NO3/c1-20(2)19(21)15-10-7-14(8-11-15)9-12-16-13-22-17-5-3-4-6-18(17)23-16/h3-8,10-11,16H,9,12-13H2,1-2H3. The number of aryl methyl sites for hydroxylation is 1. The van der Waals surface area contributed by atoms with Gasteiger partial charge in [0.05, 0.1) is 0 Å². The molecule has 1 aliphatic rings. The molecule has 120 valence electrons. The zero-order valence-electron chi connectivity index (χ0n) is 13.5. The molecule has 0 radical (unpaired) electrons. The Bertz CT molecular complexity index is 679. The number of para-hydroxylation sites is 2. The summed E-state index contributed by atoms with van der Waals surface area (Å²) in [5.74, 6) is 1.66. The average Bonchev–Trinajstić information content (AvgIpc) is 2.59. The van der Waals surface area contributed by atoms with E-state index in [0.29, 0.717) is 12.2 Å². The van der Waals surface area contributed by atoms with Crippen LogP contribution in [0.25, 0.3) is 0 Å². The number of rotatable bonds is 4. The molecule has 4 nitrogen and oxygen atoms in total. The molecule has 1 amide bonds. The van der Waals surface area contributed by atoms with E-state index in [1.807, 2.05) is 48.5 Å². The predicted octanol–water partition coefficient (Wildman–Crippen LogP) is 3.16. The SMILES string of the molecule is CN(C)C(=O)c1ccc(CCC2COc3ccccc3O2)cc1. The molecule has 0 saturated heterocycles. The van der Waals surface area contributed by atoms with Crippen molar-refractivity contribution in [3.05, 3.63) is 59.7 Å². The second-order valence-corrected chi connectivity index (χ2v) is 5.93. The van der Waals surface area contributed by atoms with Crippen molar-refractivity contribution < 1.29 is 14.3 Å². The second-order valence-electron chi connectivity index (χ2n) is 5.93. The highest BCUT2D eigenvalue weighted by Crippen LogP contribution is 2.31. The summed E-state index contributed by atoms with van der Waals surface area (Å²) < 4.78 is 11.7. The molecule has 0 saturated carbocycles. The Morgan fingerprint density at radius 3 is 2.48 bits per heavy atom. The molecule has 3 rings (SSSR count). The van der Waals surface area contributed by atoms with Crippen molar-refractivity contribution in [2.75, 3.05) is 20.7 Å². The van der Waals surface area contributed by atoms with Gasteiger partial charge in [0.1, 0.15) is 12.7 Å². The van der Waals surface area contributed by atoms with Gasteiger partial charge in [0.25, 0.3) is 5.91 Å². The van der Waals surface area contributed by atoms with Gasteiger partial charge >= 0.3 is 0 Å². The number of fused-ring (bicyclic) bond motifs is 1. The van der Waals surface area contributed by atoms with Gasteiger partial charge in [-0.1, -0.05) is 24.3 Å². The van der Waals surface area contributed by atoms with Gasteiger partial charge in [-0.05, 0) is 42.7 Å². The number of benzene rings is 2. The molecular weight excluding hydrogens is 290 g/mol. The van der Waals surface area contributed by atoms with E-state index in [0.717, 1.165) is 24.3 Å². The van der Waals surface area contributed by atoms with Gasteiger partial charge in [-0.15, -0.1) is 0 Å². The lowest BCUT2D eigenvalue weighted by atomic mass is 10.0. The number of hydrogen-bond donors (Lipinski definition) is 0. The molecule has 1 atom stereocenters. The van der Waals surface area contributed by atoms with Crippen LogP contribution < -0.4 is 9.47 Å². The maximum Gasteiger partial charge on any atom is 0.253 e. The fraction of sp³-hybridized carbons (Fsp3) is 0.316. The van der Waals surface area contributed by atoms with Crippen LogP contribution in [0.3, 0.4) is 0 Å². The van der Waals surface area contributed by atoms with Gasteiger partial charge in [-0.25, -0.2) is 0 Å². The molecule has 4 heteroatoms. The Morgan fingerprint density at radius 2 is 1.78 bits per heavy atom. The Morgan fingerprint density at radius 1 is 1.09 bits per heavy atom. The van der Waals surface area contributed by atoms with E-state index in [2.05, 4.69) is 0 Å². The summed E-state index contributed by atoms with van der Waals surface area (Å²) in [6, 6.07) is 15.5. The van der Waals surface area contributed by atoms with Crippen LogP contribution in [0.5, 0.6) is 11.5 Å². The summed E-state index contributed by atoms with van der Waals surface area (Å²) in [6.07, 6.45) is 1.84. The van der Waals surface area contributed by atoms with Crippen molar-refractivity contribution >= 4 is 5.91 Å². The van der Waals surface area contributed by atoms with E-state index >= 15 is 0 Å². The van der Waals surface area contributed by atoms with Crippen molar-refractivity contribution in [1.29, 1.82) is 0 Å². The van der Waals surface area contributed by atoms with Crippen molar-refractivity contribution in [2.24, 2.45) is 0 Å². The first kappa shape index (κ1) is 15.4. The Labute approximate surface area is 136 Å². The summed E-state index contributed by atoms with van der Waals surface area (Å²) in [5.41, 5.74) is 1.91. The summed E-state index contributed by atoms with van der Waals surface area (Å²) in [5, 5.41) is 0. The first-order valence-electron chi connectivity index (χ1n) is 7.82. The Kier molecular flexibility index (Phi) is 4.51. The molecule has 1 heterocycles. The van der Waals surface area contributed by atoms with Crippen LogP contribution in [0, 0.1) is 0 Å². The maximum absolute atomic E-state index is 11.9. The Hall–Kier alpha value is -2.49. The third-order valence-electron chi connectivity index (χ3n) is 3.93. The van der Waals surface area contributed by atoms with E-state index in [1.54, 1.807) is 19.0 Å². The third kappa shape index (κ3) is 3.65. The van der Waals surface area contributed by atoms with Gasteiger partial charge in [-0.2, -0.15) is 0 Å². The summed E-state index contributed by atoms with van der Waals surface area (Å²) in [4.78, 5) is 13.5. The lowest BCUT2D eigenvalue weighted by Crippen LogP contribution is -2.29. The monoisotopic (exact) mass is 311 g/mol. The quantitative estimate of drug-likeness (QED) is 0.870. The lowest BCUT2D eigenvalue weighted by molar-refractivity contribution is 0.0827. The molecule has 0 bridgehead atoms. The first-order chi connectivity index (χ1) is 11.1. The topological polar surface area (TPSA) is 38.8 Å². The van der Waals surface area contributed by atoms with E-state index in [1.165, 1.54) is 5.56 Å². The number of carbonyl (C=O) groups excluding carboxylic acids is 1. The van der Waals surface area contributed by atoms with Crippen molar-refractivity contribution in [2.45, 2.75) is 18.9 Å². The highest BCUT2D eigenvalue weighted by atomic mass is 16.6. The van der Waals surface area contributed by atoms with Gasteiger partial charge in [-0.3, -0.25) is 4.79 Å². The van der Waals surface area contributed by atoms with E-state index in [9.17, 15) is 4.79 Å². The summed E-state index contributed by atoms with van der Waals surface area (Å²) in [6.45, 7) is 0.578. The molecular formula is C19H21NO3. The van der Waals surface area contributed by atoms with Crippen LogP contribution in [0.15, 0.2) is 48.5 Å². The fourth-order valence-electron chi connectivity index (χ4n) is 2.61. The molecule has 2 aromatic carbocycles. The van der Waals surface area contributed by atoms with Gasteiger partial charge in [0.15, 0.2) is 11.5 Å². The predicted molar refractivity (Wildman–Crippen MR) is 89.1 cm³/mol. The number of nitrogens with zero attached hydrogens (tertiary/aromatic N) is 1. The normalized spacial score (nSPS) is 16.0. The fourth-order valence-corrected chi connectivity index (χ4v) is 2.61. The molecule has 1 unspecified atom stereocenters. The van der Waals surface area contributed by atoms with Crippen LogP contribution in [0.1, 0.15) is 22.3 Å². The molecule has 0 aromatic heterocycles. The van der Waals surface area contributed by atoms with Crippen molar-refractivity contribution in [3.63, 3.8) is 0 Å². The van der Waals surface area contributed by atoms with Crippen LogP contribution >= 0.6 is 0 Å². The molecule has 0 fully saturated rings. The minimum Gasteiger partial charge on any atom is -0.486 e. The highest BCUT2D eigenvalue weighted by molar-refractivity contribution is 5.93. The zero-order valence-corrected chi connectivity index (χ0v) is 13.5. The molecule has 0 spiro atoms. The second kappa shape index (κ2) is 6.73. The maximum atomic E-state index is 11.9. The minimum absolute atomic E-state index is 0.0252.